The van der Waals surface area contributed by atoms with Gasteiger partial charge in [-0.1, -0.05) is 0 Å². The first-order valence-electron chi connectivity index (χ1n) is 9.08. The molecule has 3 N–H and O–H groups in total. The van der Waals surface area contributed by atoms with Crippen LogP contribution in [0.25, 0.3) is 6.08 Å². The average molecular weight is 352 g/mol. The second-order valence-electron chi connectivity index (χ2n) is 7.01. The fourth-order valence-corrected chi connectivity index (χ4v) is 3.76. The SMILES string of the molecule is Cc1[nH]c(C=C2NC=CN=C2C2C=NNC2=O)c(C)c1CN1CCCC1. The van der Waals surface area contributed by atoms with Gasteiger partial charge in [-0.25, -0.2) is 5.43 Å². The molecule has 1 amide bonds. The van der Waals surface area contributed by atoms with Crippen LogP contribution in [0, 0.1) is 19.8 Å². The summed E-state index contributed by atoms with van der Waals surface area (Å²) in [6.07, 6.45) is 9.66. The van der Waals surface area contributed by atoms with Crippen molar-refractivity contribution < 1.29 is 4.79 Å². The minimum absolute atomic E-state index is 0.152. The number of nitrogens with zero attached hydrogens (tertiary/aromatic N) is 3. The molecule has 0 radical (unpaired) electrons. The standard InChI is InChI=1S/C19H24N6O/c1-12-15(11-25-7-3-4-8-25)13(2)23-16(12)9-17-18(21-6-5-20-17)14-10-22-24-19(14)26/h5-6,9-10,14,20,23H,3-4,7-8,11H2,1-2H3,(H,24,26). The molecule has 7 heteroatoms. The van der Waals surface area contributed by atoms with E-state index in [1.165, 1.54) is 42.8 Å². The molecule has 3 aliphatic heterocycles. The second-order valence-corrected chi connectivity index (χ2v) is 7.01. The second kappa shape index (κ2) is 6.92. The number of carbonyl (C=O) groups is 1. The minimum Gasteiger partial charge on any atom is -0.359 e. The molecule has 0 spiro atoms. The summed E-state index contributed by atoms with van der Waals surface area (Å²) < 4.78 is 0. The summed E-state index contributed by atoms with van der Waals surface area (Å²) in [7, 11) is 0. The molecule has 1 unspecified atom stereocenters. The van der Waals surface area contributed by atoms with E-state index in [9.17, 15) is 4.79 Å². The quantitative estimate of drug-likeness (QED) is 0.773. The van der Waals surface area contributed by atoms with Crippen LogP contribution >= 0.6 is 0 Å². The topological polar surface area (TPSA) is 84.9 Å². The third kappa shape index (κ3) is 3.10. The first-order chi connectivity index (χ1) is 12.6. The van der Waals surface area contributed by atoms with Gasteiger partial charge in [-0.2, -0.15) is 5.10 Å². The summed E-state index contributed by atoms with van der Waals surface area (Å²) in [5.41, 5.74) is 8.84. The third-order valence-electron chi connectivity index (χ3n) is 5.28. The number of nitrogens with one attached hydrogen (secondary N) is 3. The molecule has 26 heavy (non-hydrogen) atoms. The van der Waals surface area contributed by atoms with Gasteiger partial charge >= 0.3 is 0 Å². The van der Waals surface area contributed by atoms with Crippen LogP contribution < -0.4 is 10.7 Å². The zero-order valence-corrected chi connectivity index (χ0v) is 15.2. The van der Waals surface area contributed by atoms with Gasteiger partial charge in [-0.3, -0.25) is 14.7 Å². The summed E-state index contributed by atoms with van der Waals surface area (Å²) >= 11 is 0. The molecular weight excluding hydrogens is 328 g/mol. The predicted octanol–water partition coefficient (Wildman–Crippen LogP) is 1.82. The Balaban J connectivity index is 1.63. The van der Waals surface area contributed by atoms with E-state index in [2.05, 4.69) is 44.6 Å². The largest absolute Gasteiger partial charge is 0.359 e. The zero-order chi connectivity index (χ0) is 18.1. The van der Waals surface area contributed by atoms with E-state index in [1.807, 2.05) is 6.08 Å². The number of hydrazone groups is 1. The van der Waals surface area contributed by atoms with Gasteiger partial charge < -0.3 is 10.3 Å². The summed E-state index contributed by atoms with van der Waals surface area (Å²) in [6, 6.07) is 0. The Kier molecular flexibility index (Phi) is 4.46. The number of hydrogen-bond acceptors (Lipinski definition) is 5. The van der Waals surface area contributed by atoms with Crippen LogP contribution in [0.15, 0.2) is 28.2 Å². The summed E-state index contributed by atoms with van der Waals surface area (Å²) in [6.45, 7) is 7.63. The minimum atomic E-state index is -0.459. The van der Waals surface area contributed by atoms with Crippen molar-refractivity contribution in [2.75, 3.05) is 13.1 Å². The first kappa shape index (κ1) is 16.8. The Morgan fingerprint density at radius 1 is 1.31 bits per heavy atom. The average Bonchev–Trinajstić information content (AvgIpc) is 3.35. The van der Waals surface area contributed by atoms with Crippen molar-refractivity contribution in [2.24, 2.45) is 16.0 Å². The van der Waals surface area contributed by atoms with Crippen molar-refractivity contribution in [1.29, 1.82) is 0 Å². The molecule has 1 atom stereocenters. The lowest BCUT2D eigenvalue weighted by atomic mass is 9.99. The molecule has 3 aliphatic rings. The summed E-state index contributed by atoms with van der Waals surface area (Å²) in [5, 5.41) is 7.08. The lowest BCUT2D eigenvalue weighted by Crippen LogP contribution is -2.32. The molecule has 0 aliphatic carbocycles. The van der Waals surface area contributed by atoms with Crippen LogP contribution in [0.3, 0.4) is 0 Å². The van der Waals surface area contributed by atoms with E-state index in [4.69, 9.17) is 0 Å². The van der Waals surface area contributed by atoms with E-state index < -0.39 is 5.92 Å². The number of aliphatic imine (C=N–C) groups is 1. The van der Waals surface area contributed by atoms with Crippen LogP contribution in [-0.2, 0) is 11.3 Å². The number of carbonyl (C=O) groups excluding carboxylic acids is 1. The van der Waals surface area contributed by atoms with Crippen molar-refractivity contribution in [3.05, 3.63) is 40.6 Å². The van der Waals surface area contributed by atoms with Gasteiger partial charge in [0.25, 0.3) is 5.91 Å². The van der Waals surface area contributed by atoms with Crippen LogP contribution in [0.5, 0.6) is 0 Å². The molecule has 1 fully saturated rings. The highest BCUT2D eigenvalue weighted by Crippen LogP contribution is 2.24. The number of aromatic amines is 1. The number of allylic oxidation sites excluding steroid dienone is 1. The van der Waals surface area contributed by atoms with Crippen molar-refractivity contribution in [3.63, 3.8) is 0 Å². The number of amides is 1. The van der Waals surface area contributed by atoms with E-state index in [-0.39, 0.29) is 5.91 Å². The zero-order valence-electron chi connectivity index (χ0n) is 15.2. The number of aryl methyl sites for hydroxylation is 1. The number of rotatable bonds is 4. The maximum absolute atomic E-state index is 12.0. The van der Waals surface area contributed by atoms with Crippen LogP contribution in [-0.4, -0.2) is 40.8 Å². The van der Waals surface area contributed by atoms with Crippen molar-refractivity contribution >= 4 is 23.9 Å². The molecule has 0 aromatic carbocycles. The van der Waals surface area contributed by atoms with Gasteiger partial charge in [-0.15, -0.1) is 0 Å². The molecule has 0 bridgehead atoms. The Bertz CT molecular complexity index is 838. The lowest BCUT2D eigenvalue weighted by Gasteiger charge is -2.16. The molecule has 4 rings (SSSR count). The Hall–Kier alpha value is -2.67. The molecule has 0 saturated carbocycles. The van der Waals surface area contributed by atoms with E-state index >= 15 is 0 Å². The van der Waals surface area contributed by atoms with E-state index in [0.717, 1.165) is 17.9 Å². The van der Waals surface area contributed by atoms with Crippen molar-refractivity contribution in [3.8, 4) is 0 Å². The Labute approximate surface area is 152 Å². The maximum Gasteiger partial charge on any atom is 0.254 e. The number of likely N-dealkylation sites (tertiary alicyclic amines) is 1. The highest BCUT2D eigenvalue weighted by molar-refractivity contribution is 6.24. The molecule has 136 valence electrons. The monoisotopic (exact) mass is 352 g/mol. The molecule has 1 saturated heterocycles. The van der Waals surface area contributed by atoms with Gasteiger partial charge in [0.1, 0.15) is 5.92 Å². The Morgan fingerprint density at radius 2 is 2.12 bits per heavy atom. The third-order valence-corrected chi connectivity index (χ3v) is 5.28. The van der Waals surface area contributed by atoms with Gasteiger partial charge in [0.2, 0.25) is 0 Å². The van der Waals surface area contributed by atoms with Crippen LogP contribution in [0.2, 0.25) is 0 Å². The fourth-order valence-electron chi connectivity index (χ4n) is 3.76. The highest BCUT2D eigenvalue weighted by atomic mass is 16.2. The summed E-state index contributed by atoms with van der Waals surface area (Å²) in [4.78, 5) is 22.4. The molecule has 1 aromatic rings. The fraction of sp³-hybridized carbons (Fsp3) is 0.421. The molecule has 7 nitrogen and oxygen atoms in total. The van der Waals surface area contributed by atoms with E-state index in [0.29, 0.717) is 5.71 Å². The van der Waals surface area contributed by atoms with E-state index in [1.54, 1.807) is 18.6 Å². The van der Waals surface area contributed by atoms with Crippen LogP contribution in [0.1, 0.15) is 35.4 Å². The van der Waals surface area contributed by atoms with Gasteiger partial charge in [-0.05, 0) is 57.0 Å². The van der Waals surface area contributed by atoms with Gasteiger partial charge in [0.15, 0.2) is 0 Å². The predicted molar refractivity (Wildman–Crippen MR) is 103 cm³/mol. The molecular formula is C19H24N6O. The Morgan fingerprint density at radius 3 is 2.85 bits per heavy atom. The smallest absolute Gasteiger partial charge is 0.254 e. The molecule has 1 aromatic heterocycles. The lowest BCUT2D eigenvalue weighted by molar-refractivity contribution is -0.120. The molecule has 4 heterocycles. The number of aromatic nitrogens is 1. The first-order valence-corrected chi connectivity index (χ1v) is 9.08. The van der Waals surface area contributed by atoms with Gasteiger partial charge in [0.05, 0.1) is 11.4 Å². The van der Waals surface area contributed by atoms with Gasteiger partial charge in [0, 0.05) is 36.5 Å². The highest BCUT2D eigenvalue weighted by Gasteiger charge is 2.29. The van der Waals surface area contributed by atoms with Crippen LogP contribution in [0.4, 0.5) is 0 Å². The maximum atomic E-state index is 12.0. The summed E-state index contributed by atoms with van der Waals surface area (Å²) in [5.74, 6) is -0.611. The number of H-pyrrole nitrogens is 1. The number of hydrogen-bond donors (Lipinski definition) is 3. The van der Waals surface area contributed by atoms with Crippen molar-refractivity contribution in [1.82, 2.24) is 20.6 Å². The van der Waals surface area contributed by atoms with Crippen molar-refractivity contribution in [2.45, 2.75) is 33.2 Å². The normalized spacial score (nSPS) is 24.2.